The second-order valence-electron chi connectivity index (χ2n) is 7.54. The van der Waals surface area contributed by atoms with E-state index in [9.17, 15) is 9.59 Å². The minimum absolute atomic E-state index is 0.175. The van der Waals surface area contributed by atoms with E-state index in [4.69, 9.17) is 4.74 Å². The molecule has 2 aromatic rings. The van der Waals surface area contributed by atoms with Crippen LogP contribution in [-0.2, 0) is 16.2 Å². The number of allylic oxidation sites excluding steroid dienone is 2. The van der Waals surface area contributed by atoms with Gasteiger partial charge >= 0.3 is 0 Å². The fourth-order valence-electron chi connectivity index (χ4n) is 4.57. The highest BCUT2D eigenvalue weighted by Crippen LogP contribution is 2.52. The first-order chi connectivity index (χ1) is 13.7. The molecular formula is C23H20N2O3. The summed E-state index contributed by atoms with van der Waals surface area (Å²) in [5.41, 5.74) is 1.80. The molecule has 4 atom stereocenters. The molecule has 1 heterocycles. The first kappa shape index (κ1) is 16.9. The minimum Gasteiger partial charge on any atom is -0.488 e. The average molecular weight is 372 g/mol. The van der Waals surface area contributed by atoms with Crippen molar-refractivity contribution in [1.29, 1.82) is 0 Å². The van der Waals surface area contributed by atoms with Crippen molar-refractivity contribution in [2.24, 2.45) is 28.8 Å². The maximum absolute atomic E-state index is 12.7. The van der Waals surface area contributed by atoms with E-state index in [-0.39, 0.29) is 35.5 Å². The van der Waals surface area contributed by atoms with E-state index < -0.39 is 0 Å². The molecule has 5 nitrogen and oxygen atoms in total. The number of amides is 2. The van der Waals surface area contributed by atoms with Crippen LogP contribution in [0.25, 0.3) is 0 Å². The highest BCUT2D eigenvalue weighted by atomic mass is 16.5. The number of carbonyl (C=O) groups excluding carboxylic acids is 2. The molecule has 1 saturated heterocycles. The van der Waals surface area contributed by atoms with Crippen molar-refractivity contribution in [3.63, 3.8) is 0 Å². The number of ether oxygens (including phenoxy) is 1. The van der Waals surface area contributed by atoms with Gasteiger partial charge in [-0.3, -0.25) is 9.59 Å². The molecule has 3 aliphatic rings. The number of rotatable bonds is 5. The van der Waals surface area contributed by atoms with Crippen molar-refractivity contribution in [3.8, 4) is 5.75 Å². The van der Waals surface area contributed by atoms with E-state index in [2.05, 4.69) is 17.3 Å². The molecule has 2 aliphatic carbocycles. The highest BCUT2D eigenvalue weighted by molar-refractivity contribution is 6.06. The van der Waals surface area contributed by atoms with Gasteiger partial charge in [-0.2, -0.15) is 10.1 Å². The first-order valence-corrected chi connectivity index (χ1v) is 9.58. The third-order valence-corrected chi connectivity index (χ3v) is 5.92. The summed E-state index contributed by atoms with van der Waals surface area (Å²) in [6.45, 7) is 0.437. The molecule has 5 rings (SSSR count). The zero-order valence-electron chi connectivity index (χ0n) is 15.3. The van der Waals surface area contributed by atoms with E-state index in [0.29, 0.717) is 12.4 Å². The van der Waals surface area contributed by atoms with Crippen LogP contribution < -0.4 is 4.74 Å². The Kier molecular flexibility index (Phi) is 4.08. The van der Waals surface area contributed by atoms with Crippen LogP contribution in [0, 0.1) is 23.7 Å². The Morgan fingerprint density at radius 3 is 2.29 bits per heavy atom. The van der Waals surface area contributed by atoms with E-state index in [1.165, 1.54) is 0 Å². The predicted molar refractivity (Wildman–Crippen MR) is 104 cm³/mol. The summed E-state index contributed by atoms with van der Waals surface area (Å²) in [4.78, 5) is 25.5. The third-order valence-electron chi connectivity index (χ3n) is 5.92. The van der Waals surface area contributed by atoms with E-state index >= 15 is 0 Å². The molecule has 0 spiro atoms. The largest absolute Gasteiger partial charge is 0.488 e. The Labute approximate surface area is 163 Å². The van der Waals surface area contributed by atoms with E-state index in [0.717, 1.165) is 22.6 Å². The number of benzene rings is 2. The van der Waals surface area contributed by atoms with Gasteiger partial charge in [-0.05, 0) is 36.0 Å². The zero-order chi connectivity index (χ0) is 19.1. The van der Waals surface area contributed by atoms with Crippen LogP contribution in [-0.4, -0.2) is 23.0 Å². The van der Waals surface area contributed by atoms with E-state index in [1.54, 1.807) is 6.21 Å². The van der Waals surface area contributed by atoms with Crippen LogP contribution in [0.2, 0.25) is 0 Å². The monoisotopic (exact) mass is 372 g/mol. The second kappa shape index (κ2) is 6.75. The number of carbonyl (C=O) groups is 2. The van der Waals surface area contributed by atoms with Crippen molar-refractivity contribution in [1.82, 2.24) is 5.01 Å². The van der Waals surface area contributed by atoms with Gasteiger partial charge in [-0.15, -0.1) is 0 Å². The molecule has 28 heavy (non-hydrogen) atoms. The van der Waals surface area contributed by atoms with Crippen LogP contribution in [0.3, 0.4) is 0 Å². The maximum Gasteiger partial charge on any atom is 0.254 e. The van der Waals surface area contributed by atoms with Crippen molar-refractivity contribution in [2.45, 2.75) is 13.0 Å². The third kappa shape index (κ3) is 2.74. The van der Waals surface area contributed by atoms with Crippen molar-refractivity contribution in [3.05, 3.63) is 77.9 Å². The highest BCUT2D eigenvalue weighted by Gasteiger charge is 2.59. The summed E-state index contributed by atoms with van der Waals surface area (Å²) in [6, 6.07) is 17.4. The van der Waals surface area contributed by atoms with Gasteiger partial charge in [0, 0.05) is 5.56 Å². The molecule has 2 fully saturated rings. The van der Waals surface area contributed by atoms with Gasteiger partial charge in [-0.1, -0.05) is 54.6 Å². The lowest BCUT2D eigenvalue weighted by Crippen LogP contribution is -2.28. The summed E-state index contributed by atoms with van der Waals surface area (Å²) in [6.07, 6.45) is 6.63. The number of hydrogen-bond donors (Lipinski definition) is 0. The number of nitrogens with zero attached hydrogens (tertiary/aromatic N) is 2. The molecule has 2 aromatic carbocycles. The number of hydrogen-bond acceptors (Lipinski definition) is 4. The average Bonchev–Trinajstić information content (AvgIpc) is 3.41. The van der Waals surface area contributed by atoms with Gasteiger partial charge in [0.05, 0.1) is 18.1 Å². The number of imide groups is 1. The Hall–Kier alpha value is -3.21. The van der Waals surface area contributed by atoms with Crippen LogP contribution in [0.15, 0.2) is 71.9 Å². The quantitative estimate of drug-likeness (QED) is 0.459. The summed E-state index contributed by atoms with van der Waals surface area (Å²) in [7, 11) is 0. The number of fused-ring (bicyclic) bond motifs is 5. The van der Waals surface area contributed by atoms with Crippen LogP contribution >= 0.6 is 0 Å². The maximum atomic E-state index is 12.7. The summed E-state index contributed by atoms with van der Waals surface area (Å²) >= 11 is 0. The normalized spacial score (nSPS) is 27.8. The molecule has 2 bridgehead atoms. The van der Waals surface area contributed by atoms with Crippen molar-refractivity contribution >= 4 is 18.0 Å². The fourth-order valence-corrected chi connectivity index (χ4v) is 4.57. The molecule has 1 aliphatic heterocycles. The standard InChI is InChI=1S/C23H20N2O3/c26-22-20-16-10-11-17(12-16)21(20)23(27)25(22)24-13-18-8-4-5-9-19(18)28-14-15-6-2-1-3-7-15/h1-11,13,16-17,20-21H,12,14H2. The van der Waals surface area contributed by atoms with Crippen LogP contribution in [0.4, 0.5) is 0 Å². The fraction of sp³-hybridized carbons (Fsp3) is 0.261. The van der Waals surface area contributed by atoms with Crippen LogP contribution in [0.5, 0.6) is 5.75 Å². The van der Waals surface area contributed by atoms with Crippen molar-refractivity contribution in [2.75, 3.05) is 0 Å². The van der Waals surface area contributed by atoms with Gasteiger partial charge in [0.15, 0.2) is 0 Å². The van der Waals surface area contributed by atoms with Gasteiger partial charge in [0.25, 0.3) is 11.8 Å². The molecule has 0 N–H and O–H groups in total. The van der Waals surface area contributed by atoms with Gasteiger partial charge in [-0.25, -0.2) is 0 Å². The summed E-state index contributed by atoms with van der Waals surface area (Å²) < 4.78 is 5.92. The zero-order valence-corrected chi connectivity index (χ0v) is 15.3. The lowest BCUT2D eigenvalue weighted by Gasteiger charge is -2.13. The topological polar surface area (TPSA) is 59.0 Å². The Balaban J connectivity index is 1.33. The summed E-state index contributed by atoms with van der Waals surface area (Å²) in [5, 5.41) is 5.32. The van der Waals surface area contributed by atoms with Gasteiger partial charge < -0.3 is 4.74 Å². The second-order valence-corrected chi connectivity index (χ2v) is 7.54. The molecule has 140 valence electrons. The van der Waals surface area contributed by atoms with Crippen molar-refractivity contribution < 1.29 is 14.3 Å². The lowest BCUT2D eigenvalue weighted by molar-refractivity contribution is -0.140. The minimum atomic E-state index is -0.232. The van der Waals surface area contributed by atoms with Gasteiger partial charge in [0.1, 0.15) is 12.4 Å². The first-order valence-electron chi connectivity index (χ1n) is 9.58. The molecule has 1 saturated carbocycles. The Bertz CT molecular complexity index is 952. The molecule has 0 aromatic heterocycles. The predicted octanol–water partition coefficient (Wildman–Crippen LogP) is 3.41. The SMILES string of the molecule is O=C1C2C3C=CC(C3)C2C(=O)N1N=Cc1ccccc1OCc1ccccc1. The van der Waals surface area contributed by atoms with Gasteiger partial charge in [0.2, 0.25) is 0 Å². The molecule has 2 amide bonds. The lowest BCUT2D eigenvalue weighted by atomic mass is 9.85. The molecule has 5 heteroatoms. The number of hydrazone groups is 1. The Morgan fingerprint density at radius 2 is 1.57 bits per heavy atom. The smallest absolute Gasteiger partial charge is 0.254 e. The van der Waals surface area contributed by atoms with E-state index in [1.807, 2.05) is 54.6 Å². The molecule has 4 unspecified atom stereocenters. The molecule has 0 radical (unpaired) electrons. The molecular weight excluding hydrogens is 352 g/mol. The Morgan fingerprint density at radius 1 is 0.929 bits per heavy atom. The summed E-state index contributed by atoms with van der Waals surface area (Å²) in [5.74, 6) is 0.224. The van der Waals surface area contributed by atoms with Crippen LogP contribution in [0.1, 0.15) is 17.5 Å². The number of para-hydroxylation sites is 1.